The van der Waals surface area contributed by atoms with E-state index in [0.29, 0.717) is 0 Å². The molecule has 0 rings (SSSR count). The average molecular weight is 278 g/mol. The van der Waals surface area contributed by atoms with Crippen LogP contribution in [0.25, 0.3) is 0 Å². The zero-order valence-electron chi connectivity index (χ0n) is 9.51. The van der Waals surface area contributed by atoms with Crippen molar-refractivity contribution in [1.29, 1.82) is 0 Å². The molecule has 0 saturated heterocycles. The fourth-order valence-corrected chi connectivity index (χ4v) is 0.924. The third-order valence-electron chi connectivity index (χ3n) is 1.79. The van der Waals surface area contributed by atoms with E-state index < -0.39 is 35.8 Å². The molecule has 4 amide bonds. The predicted molar refractivity (Wildman–Crippen MR) is 58.0 cm³/mol. The second-order valence-electron chi connectivity index (χ2n) is 2.93. The predicted octanol–water partition coefficient (Wildman–Crippen LogP) is -6.30. The van der Waals surface area contributed by atoms with Gasteiger partial charge in [0.05, 0.1) is 0 Å². The second-order valence-corrected chi connectivity index (χ2v) is 2.93. The molecule has 0 aromatic carbocycles. The van der Waals surface area contributed by atoms with Gasteiger partial charge in [0.25, 0.3) is 23.6 Å². The number of rotatable bonds is 6. The maximum atomic E-state index is 11.3. The molecule has 0 aromatic rings. The minimum atomic E-state index is -1.96. The van der Waals surface area contributed by atoms with E-state index in [2.05, 4.69) is 0 Å². The number of nitrogens with one attached hydrogen (secondary N) is 4. The number of carbonyl (C=O) groups excluding carboxylic acids is 4. The topological polar surface area (TPSA) is 230 Å². The van der Waals surface area contributed by atoms with Crippen LogP contribution in [0.2, 0.25) is 0 Å². The maximum Gasteiger partial charge on any atom is 0.272 e. The Balaban J connectivity index is 5.13. The van der Waals surface area contributed by atoms with Gasteiger partial charge in [0.1, 0.15) is 0 Å². The van der Waals surface area contributed by atoms with E-state index in [1.807, 2.05) is 0 Å². The number of hydrogen-bond acceptors (Lipinski definition) is 9. The lowest BCUT2D eigenvalue weighted by Crippen LogP contribution is -2.57. The first kappa shape index (κ1) is 16.7. The van der Waals surface area contributed by atoms with Gasteiger partial charge in [0, 0.05) is 0 Å². The highest BCUT2D eigenvalue weighted by Crippen LogP contribution is 2.01. The lowest BCUT2D eigenvalue weighted by atomic mass is 10.2. The first-order chi connectivity index (χ1) is 8.92. The molecule has 0 atom stereocenters. The van der Waals surface area contributed by atoms with Crippen LogP contribution in [0, 0.1) is 0 Å². The molecule has 0 saturated carbocycles. The molecule has 19 heavy (non-hydrogen) atoms. The third kappa shape index (κ3) is 4.45. The minimum Gasteiger partial charge on any atom is -0.335 e. The summed E-state index contributed by atoms with van der Waals surface area (Å²) in [5, 5.41) is 0. The van der Waals surface area contributed by atoms with E-state index in [1.54, 1.807) is 21.7 Å². The summed E-state index contributed by atoms with van der Waals surface area (Å²) in [5.41, 5.74) is 6.37. The van der Waals surface area contributed by atoms with E-state index in [0.717, 1.165) is 0 Å². The first-order valence-corrected chi connectivity index (χ1v) is 4.60. The Kier molecular flexibility index (Phi) is 6.94. The number of nitrogens with two attached hydrogens (primary N) is 4. The fraction of sp³-hybridized carbons (Fsp3) is 0.333. The van der Waals surface area contributed by atoms with E-state index in [-0.39, 0.29) is 0 Å². The van der Waals surface area contributed by atoms with Gasteiger partial charge in [-0.3, -0.25) is 40.9 Å². The maximum absolute atomic E-state index is 11.3. The molecule has 12 N–H and O–H groups in total. The van der Waals surface area contributed by atoms with Gasteiger partial charge in [-0.2, -0.15) is 0 Å². The lowest BCUT2D eigenvalue weighted by molar-refractivity contribution is -0.159. The smallest absolute Gasteiger partial charge is 0.272 e. The summed E-state index contributed by atoms with van der Waals surface area (Å²) >= 11 is 0. The lowest BCUT2D eigenvalue weighted by Gasteiger charge is -2.20. The van der Waals surface area contributed by atoms with Crippen LogP contribution in [-0.4, -0.2) is 35.8 Å². The molecule has 108 valence electrons. The van der Waals surface area contributed by atoms with Crippen LogP contribution in [0.4, 0.5) is 0 Å². The van der Waals surface area contributed by atoms with Crippen LogP contribution in [0.3, 0.4) is 0 Å². The molecule has 0 fully saturated rings. The normalized spacial score (nSPS) is 10.0. The standard InChI is InChI=1S/C6H14N8O5/c7-11-3(15)1(4(16)12-8)19-2(5(17)13-9)6(18)14-10/h1-2H,7-10H2,(H,11,15)(H,12,16)(H,13,17)(H,14,18). The molecule has 0 unspecified atom stereocenters. The molecule has 0 bridgehead atoms. The van der Waals surface area contributed by atoms with Gasteiger partial charge in [-0.15, -0.1) is 0 Å². The van der Waals surface area contributed by atoms with Crippen molar-refractivity contribution < 1.29 is 23.9 Å². The summed E-state index contributed by atoms with van der Waals surface area (Å²) in [6.07, 6.45) is -3.93. The van der Waals surface area contributed by atoms with Crippen molar-refractivity contribution in [3.05, 3.63) is 0 Å². The van der Waals surface area contributed by atoms with Crippen LogP contribution >= 0.6 is 0 Å². The fourth-order valence-electron chi connectivity index (χ4n) is 0.924. The summed E-state index contributed by atoms with van der Waals surface area (Å²) in [5.74, 6) is 14.6. The Hall–Kier alpha value is -2.32. The molecule has 13 nitrogen and oxygen atoms in total. The van der Waals surface area contributed by atoms with E-state index in [9.17, 15) is 19.2 Å². The summed E-state index contributed by atoms with van der Waals surface area (Å²) in [4.78, 5) is 45.1. The van der Waals surface area contributed by atoms with Gasteiger partial charge in [-0.05, 0) is 0 Å². The SMILES string of the molecule is NNC(=O)C(OC(C(=O)NN)C(=O)NN)C(=O)NN. The van der Waals surface area contributed by atoms with Crippen LogP contribution in [0.15, 0.2) is 0 Å². The van der Waals surface area contributed by atoms with E-state index >= 15 is 0 Å². The zero-order valence-corrected chi connectivity index (χ0v) is 9.51. The highest BCUT2D eigenvalue weighted by molar-refractivity contribution is 6.06. The number of hydrogen-bond donors (Lipinski definition) is 8. The molecule has 0 spiro atoms. The van der Waals surface area contributed by atoms with Crippen molar-refractivity contribution in [2.45, 2.75) is 12.2 Å². The highest BCUT2D eigenvalue weighted by atomic mass is 16.5. The van der Waals surface area contributed by atoms with Crippen LogP contribution in [0.5, 0.6) is 0 Å². The monoisotopic (exact) mass is 278 g/mol. The third-order valence-corrected chi connectivity index (χ3v) is 1.79. The van der Waals surface area contributed by atoms with Crippen molar-refractivity contribution in [3.8, 4) is 0 Å². The Bertz CT molecular complexity index is 307. The molecule has 13 heteroatoms. The average Bonchev–Trinajstić information content (AvgIpc) is 2.45. The quantitative estimate of drug-likeness (QED) is 0.0997. The van der Waals surface area contributed by atoms with E-state index in [4.69, 9.17) is 28.1 Å². The largest absolute Gasteiger partial charge is 0.335 e. The van der Waals surface area contributed by atoms with E-state index in [1.165, 1.54) is 0 Å². The van der Waals surface area contributed by atoms with Gasteiger partial charge in [0.15, 0.2) is 0 Å². The van der Waals surface area contributed by atoms with Crippen molar-refractivity contribution >= 4 is 23.6 Å². The summed E-state index contributed by atoms with van der Waals surface area (Å²) in [6, 6.07) is 0. The molecule has 0 aliphatic carbocycles. The highest BCUT2D eigenvalue weighted by Gasteiger charge is 2.36. The van der Waals surface area contributed by atoms with Crippen molar-refractivity contribution in [3.63, 3.8) is 0 Å². The molecule has 0 aliphatic heterocycles. The molecule has 0 radical (unpaired) electrons. The summed E-state index contributed by atoms with van der Waals surface area (Å²) in [7, 11) is 0. The molecule has 0 aromatic heterocycles. The Morgan fingerprint density at radius 3 is 1.00 bits per heavy atom. The van der Waals surface area contributed by atoms with Crippen LogP contribution in [0.1, 0.15) is 0 Å². The van der Waals surface area contributed by atoms with Gasteiger partial charge >= 0.3 is 0 Å². The van der Waals surface area contributed by atoms with Gasteiger partial charge in [0.2, 0.25) is 12.2 Å². The first-order valence-electron chi connectivity index (χ1n) is 4.60. The van der Waals surface area contributed by atoms with Crippen LogP contribution in [-0.2, 0) is 23.9 Å². The van der Waals surface area contributed by atoms with Crippen molar-refractivity contribution in [2.75, 3.05) is 0 Å². The molecular formula is C6H14N8O5. The number of carbonyl (C=O) groups is 4. The molecule has 0 heterocycles. The van der Waals surface area contributed by atoms with Crippen molar-refractivity contribution in [1.82, 2.24) is 21.7 Å². The van der Waals surface area contributed by atoms with Gasteiger partial charge < -0.3 is 4.74 Å². The number of hydrazine groups is 4. The van der Waals surface area contributed by atoms with Gasteiger partial charge in [-0.1, -0.05) is 0 Å². The number of ether oxygens (including phenoxy) is 1. The zero-order chi connectivity index (χ0) is 15.0. The Morgan fingerprint density at radius 1 is 0.632 bits per heavy atom. The number of amides is 4. The van der Waals surface area contributed by atoms with Gasteiger partial charge in [-0.25, -0.2) is 23.4 Å². The van der Waals surface area contributed by atoms with Crippen LogP contribution < -0.4 is 45.1 Å². The Morgan fingerprint density at radius 2 is 0.842 bits per heavy atom. The second kappa shape index (κ2) is 7.90. The molecular weight excluding hydrogens is 264 g/mol. The Labute approximate surface area is 106 Å². The summed E-state index contributed by atoms with van der Waals surface area (Å²) in [6.45, 7) is 0. The molecule has 0 aliphatic rings. The van der Waals surface area contributed by atoms with Crippen molar-refractivity contribution in [2.24, 2.45) is 23.4 Å². The minimum absolute atomic E-state index is 1.15. The summed E-state index contributed by atoms with van der Waals surface area (Å²) < 4.78 is 4.69.